The molecule has 0 aliphatic rings. The summed E-state index contributed by atoms with van der Waals surface area (Å²) in [6.45, 7) is 4.59. The molecule has 0 heterocycles. The molecule has 0 saturated heterocycles. The third-order valence-corrected chi connectivity index (χ3v) is 7.63. The minimum Gasteiger partial charge on any atom is -0.303 e. The zero-order chi connectivity index (χ0) is 23.4. The Balaban J connectivity index is 0.000000654. The first kappa shape index (κ1) is 26.5. The summed E-state index contributed by atoms with van der Waals surface area (Å²) in [4.78, 5) is 21.6. The van der Waals surface area contributed by atoms with E-state index in [2.05, 4.69) is 92.7 Å². The Hall–Kier alpha value is -1.80. The Labute approximate surface area is 193 Å². The van der Waals surface area contributed by atoms with E-state index in [0.29, 0.717) is 0 Å². The molecule has 4 nitrogen and oxygen atoms in total. The number of rotatable bonds is 9. The van der Waals surface area contributed by atoms with Gasteiger partial charge in [-0.2, -0.15) is 0 Å². The molecule has 3 rings (SSSR count). The summed E-state index contributed by atoms with van der Waals surface area (Å²) in [5.74, 6) is 0. The van der Waals surface area contributed by atoms with Gasteiger partial charge in [0.2, 0.25) is 0 Å². The highest BCUT2D eigenvalue weighted by atomic mass is 31.2. The molecule has 0 atom stereocenters. The van der Waals surface area contributed by atoms with Gasteiger partial charge in [0.1, 0.15) is 0 Å². The molecule has 6 heteroatoms. The third-order valence-electron chi connectivity index (χ3n) is 5.10. The fraction of sp³-hybridized carbons (Fsp3) is 0.308. The number of phosphoric acid groups is 1. The van der Waals surface area contributed by atoms with E-state index in [1.54, 1.807) is 16.4 Å². The van der Waals surface area contributed by atoms with Gasteiger partial charge >= 0.3 is 7.82 Å². The minimum atomic E-state index is -4.64. The second-order valence-electron chi connectivity index (χ2n) is 7.64. The van der Waals surface area contributed by atoms with Gasteiger partial charge in [-0.05, 0) is 60.6 Å². The predicted molar refractivity (Wildman–Crippen MR) is 137 cm³/mol. The molecule has 0 radical (unpaired) electrons. The molecule has 0 amide bonds. The van der Waals surface area contributed by atoms with Crippen LogP contribution in [0.25, 0.3) is 0 Å². The van der Waals surface area contributed by atoms with Crippen molar-refractivity contribution in [3.63, 3.8) is 0 Å². The van der Waals surface area contributed by atoms with Crippen molar-refractivity contribution in [3.8, 4) is 0 Å². The van der Waals surface area contributed by atoms with Gasteiger partial charge in [0.15, 0.2) is 0 Å². The van der Waals surface area contributed by atoms with Gasteiger partial charge in [0.25, 0.3) is 0 Å². The standard InChI is InChI=1S/C26H31P.H3O4P/c1-3-5-14-22-15-13-21-26(25(22)20-6-4-2)27(23-16-9-7-10-17-23)24-18-11-8-12-19-24;1-5(2,3)4/h7-13,15-19,21H,3-6,14,20H2,1-2H3;(H3,1,2,3,4). The summed E-state index contributed by atoms with van der Waals surface area (Å²) in [6.07, 6.45) is 7.44. The van der Waals surface area contributed by atoms with E-state index in [-0.39, 0.29) is 0 Å². The van der Waals surface area contributed by atoms with Crippen molar-refractivity contribution in [2.45, 2.75) is 52.4 Å². The Morgan fingerprint density at radius 3 is 1.62 bits per heavy atom. The first-order valence-corrected chi connectivity index (χ1v) is 14.0. The third kappa shape index (κ3) is 8.98. The van der Waals surface area contributed by atoms with Gasteiger partial charge in [-0.3, -0.25) is 0 Å². The van der Waals surface area contributed by atoms with Gasteiger partial charge in [-0.1, -0.05) is 106 Å². The van der Waals surface area contributed by atoms with Crippen LogP contribution in [0.3, 0.4) is 0 Å². The number of aryl methyl sites for hydroxylation is 1. The average molecular weight is 473 g/mol. The van der Waals surface area contributed by atoms with E-state index in [4.69, 9.17) is 19.2 Å². The van der Waals surface area contributed by atoms with Crippen LogP contribution in [0, 0.1) is 0 Å². The first-order valence-electron chi connectivity index (χ1n) is 11.1. The van der Waals surface area contributed by atoms with Crippen LogP contribution in [0.2, 0.25) is 0 Å². The molecule has 3 aromatic rings. The first-order chi connectivity index (χ1) is 15.3. The summed E-state index contributed by atoms with van der Waals surface area (Å²) in [7, 11) is -5.15. The van der Waals surface area contributed by atoms with Crippen LogP contribution in [-0.2, 0) is 17.4 Å². The van der Waals surface area contributed by atoms with Gasteiger partial charge < -0.3 is 14.7 Å². The molecule has 0 fully saturated rings. The van der Waals surface area contributed by atoms with Crippen LogP contribution < -0.4 is 15.9 Å². The Morgan fingerprint density at radius 1 is 0.688 bits per heavy atom. The maximum Gasteiger partial charge on any atom is 0.466 e. The second kappa shape index (κ2) is 13.7. The Kier molecular flexibility index (Phi) is 11.3. The maximum absolute atomic E-state index is 8.88. The number of hydrogen-bond acceptors (Lipinski definition) is 1. The predicted octanol–water partition coefficient (Wildman–Crippen LogP) is 5.20. The maximum atomic E-state index is 8.88. The molecular formula is C26H34O4P2. The van der Waals surface area contributed by atoms with Crippen molar-refractivity contribution in [1.29, 1.82) is 0 Å². The summed E-state index contributed by atoms with van der Waals surface area (Å²) >= 11 is 0. The summed E-state index contributed by atoms with van der Waals surface area (Å²) in [6, 6.07) is 29.2. The zero-order valence-corrected chi connectivity index (χ0v) is 20.7. The van der Waals surface area contributed by atoms with E-state index in [9.17, 15) is 0 Å². The van der Waals surface area contributed by atoms with Gasteiger partial charge in [-0.25, -0.2) is 4.57 Å². The quantitative estimate of drug-likeness (QED) is 0.374. The topological polar surface area (TPSA) is 77.8 Å². The lowest BCUT2D eigenvalue weighted by Gasteiger charge is -2.24. The van der Waals surface area contributed by atoms with Crippen molar-refractivity contribution < 1.29 is 19.2 Å². The van der Waals surface area contributed by atoms with Gasteiger partial charge in [0, 0.05) is 0 Å². The van der Waals surface area contributed by atoms with Crippen molar-refractivity contribution in [2.75, 3.05) is 0 Å². The van der Waals surface area contributed by atoms with Crippen LogP contribution in [0.15, 0.2) is 78.9 Å². The SMILES string of the molecule is CCCCc1cccc(P(c2ccccc2)c2ccccc2)c1CCCC.O=P(O)(O)O. The van der Waals surface area contributed by atoms with Crippen molar-refractivity contribution in [2.24, 2.45) is 0 Å². The van der Waals surface area contributed by atoms with Crippen LogP contribution >= 0.6 is 15.7 Å². The van der Waals surface area contributed by atoms with Crippen molar-refractivity contribution >= 4 is 31.7 Å². The normalized spacial score (nSPS) is 11.2. The van der Waals surface area contributed by atoms with E-state index >= 15 is 0 Å². The van der Waals surface area contributed by atoms with E-state index in [1.165, 1.54) is 49.1 Å². The molecule has 0 spiro atoms. The molecular weight excluding hydrogens is 438 g/mol. The highest BCUT2D eigenvalue weighted by molar-refractivity contribution is 7.79. The molecule has 0 saturated carbocycles. The summed E-state index contributed by atoms with van der Waals surface area (Å²) < 4.78 is 8.88. The molecule has 172 valence electrons. The molecule has 32 heavy (non-hydrogen) atoms. The largest absolute Gasteiger partial charge is 0.466 e. The van der Waals surface area contributed by atoms with E-state index < -0.39 is 15.7 Å². The summed E-state index contributed by atoms with van der Waals surface area (Å²) in [5.41, 5.74) is 3.19. The highest BCUT2D eigenvalue weighted by Gasteiger charge is 2.20. The van der Waals surface area contributed by atoms with Crippen LogP contribution in [0.1, 0.15) is 50.7 Å². The summed E-state index contributed by atoms with van der Waals surface area (Å²) in [5, 5.41) is 4.46. The lowest BCUT2D eigenvalue weighted by molar-refractivity contribution is 0.275. The fourth-order valence-electron chi connectivity index (χ4n) is 3.66. The molecule has 3 N–H and O–H groups in total. The fourth-order valence-corrected chi connectivity index (χ4v) is 6.21. The molecule has 0 unspecified atom stereocenters. The number of hydrogen-bond donors (Lipinski definition) is 3. The lowest BCUT2D eigenvalue weighted by atomic mass is 9.98. The molecule has 0 aromatic heterocycles. The second-order valence-corrected chi connectivity index (χ2v) is 10.9. The smallest absolute Gasteiger partial charge is 0.303 e. The Morgan fingerprint density at radius 2 is 1.16 bits per heavy atom. The van der Waals surface area contributed by atoms with E-state index in [1.807, 2.05) is 0 Å². The highest BCUT2D eigenvalue weighted by Crippen LogP contribution is 2.35. The van der Waals surface area contributed by atoms with Crippen molar-refractivity contribution in [3.05, 3.63) is 90.0 Å². The monoisotopic (exact) mass is 472 g/mol. The van der Waals surface area contributed by atoms with Crippen molar-refractivity contribution in [1.82, 2.24) is 0 Å². The molecule has 3 aromatic carbocycles. The lowest BCUT2D eigenvalue weighted by Crippen LogP contribution is -2.24. The molecule has 0 aliphatic heterocycles. The van der Waals surface area contributed by atoms with Gasteiger partial charge in [-0.15, -0.1) is 0 Å². The number of benzene rings is 3. The van der Waals surface area contributed by atoms with Crippen LogP contribution in [-0.4, -0.2) is 14.7 Å². The zero-order valence-electron chi connectivity index (χ0n) is 18.9. The number of unbranched alkanes of at least 4 members (excludes halogenated alkanes) is 2. The van der Waals surface area contributed by atoms with Crippen LogP contribution in [0.5, 0.6) is 0 Å². The molecule has 0 aliphatic carbocycles. The minimum absolute atomic E-state index is 0.515. The molecule has 0 bridgehead atoms. The van der Waals surface area contributed by atoms with Gasteiger partial charge in [0.05, 0.1) is 0 Å². The Bertz CT molecular complexity index is 924. The average Bonchev–Trinajstić information content (AvgIpc) is 2.77. The van der Waals surface area contributed by atoms with E-state index in [0.717, 1.165) is 0 Å². The van der Waals surface area contributed by atoms with Crippen LogP contribution in [0.4, 0.5) is 0 Å².